The summed E-state index contributed by atoms with van der Waals surface area (Å²) in [6.07, 6.45) is 3.47. The minimum absolute atomic E-state index is 0.0523. The highest BCUT2D eigenvalue weighted by atomic mass is 16.2. The molecule has 1 heterocycles. The van der Waals surface area contributed by atoms with E-state index in [-0.39, 0.29) is 11.8 Å². The van der Waals surface area contributed by atoms with Crippen molar-refractivity contribution in [3.05, 3.63) is 29.3 Å². The smallest absolute Gasteiger partial charge is 0.228 e. The van der Waals surface area contributed by atoms with Gasteiger partial charge in [-0.3, -0.25) is 9.59 Å². The minimum Gasteiger partial charge on any atom is -0.356 e. The highest BCUT2D eigenvalue weighted by Crippen LogP contribution is 2.24. The van der Waals surface area contributed by atoms with E-state index in [0.29, 0.717) is 25.9 Å². The number of carbonyl (C=O) groups is 2. The van der Waals surface area contributed by atoms with Crippen molar-refractivity contribution in [1.82, 2.24) is 5.32 Å². The number of hydrogen-bond acceptors (Lipinski definition) is 3. The molecule has 1 aromatic rings. The summed E-state index contributed by atoms with van der Waals surface area (Å²) in [5.74, 6) is 0.132. The van der Waals surface area contributed by atoms with Gasteiger partial charge in [0.15, 0.2) is 0 Å². The van der Waals surface area contributed by atoms with E-state index >= 15 is 0 Å². The zero-order chi connectivity index (χ0) is 14.4. The average Bonchev–Trinajstić information content (AvgIpc) is 2.78. The van der Waals surface area contributed by atoms with Crippen LogP contribution in [-0.4, -0.2) is 24.9 Å². The van der Waals surface area contributed by atoms with E-state index in [1.165, 1.54) is 5.56 Å². The van der Waals surface area contributed by atoms with Gasteiger partial charge in [-0.05, 0) is 43.0 Å². The maximum absolute atomic E-state index is 11.5. The summed E-state index contributed by atoms with van der Waals surface area (Å²) >= 11 is 0. The zero-order valence-electron chi connectivity index (χ0n) is 11.6. The first-order chi connectivity index (χ1) is 9.69. The predicted molar refractivity (Wildman–Crippen MR) is 78.4 cm³/mol. The third-order valence-corrected chi connectivity index (χ3v) is 3.37. The molecule has 20 heavy (non-hydrogen) atoms. The Balaban J connectivity index is 1.74. The number of nitrogens with two attached hydrogens (primary N) is 1. The summed E-state index contributed by atoms with van der Waals surface area (Å²) in [7, 11) is 0. The lowest BCUT2D eigenvalue weighted by molar-refractivity contribution is -0.121. The predicted octanol–water partition coefficient (Wildman–Crippen LogP) is 0.969. The summed E-state index contributed by atoms with van der Waals surface area (Å²) < 4.78 is 0. The zero-order valence-corrected chi connectivity index (χ0v) is 11.6. The SMILES string of the molecule is NCCCNC(=O)CCCc1ccc2c(c1)CC(=O)N2. The Morgan fingerprint density at radius 2 is 2.20 bits per heavy atom. The molecule has 5 nitrogen and oxygen atoms in total. The molecule has 5 heteroatoms. The fraction of sp³-hybridized carbons (Fsp3) is 0.467. The molecule has 1 aliphatic heterocycles. The first-order valence-electron chi connectivity index (χ1n) is 7.07. The van der Waals surface area contributed by atoms with E-state index in [4.69, 9.17) is 5.73 Å². The Kier molecular flexibility index (Phi) is 5.12. The summed E-state index contributed by atoms with van der Waals surface area (Å²) in [4.78, 5) is 22.8. The maximum Gasteiger partial charge on any atom is 0.228 e. The Labute approximate surface area is 118 Å². The number of nitrogens with one attached hydrogen (secondary N) is 2. The van der Waals surface area contributed by atoms with Crippen molar-refractivity contribution in [1.29, 1.82) is 0 Å². The number of benzene rings is 1. The topological polar surface area (TPSA) is 84.2 Å². The van der Waals surface area contributed by atoms with Crippen molar-refractivity contribution in [2.45, 2.75) is 32.1 Å². The molecule has 0 saturated carbocycles. The molecule has 0 spiro atoms. The first kappa shape index (κ1) is 14.5. The van der Waals surface area contributed by atoms with Crippen molar-refractivity contribution in [3.8, 4) is 0 Å². The van der Waals surface area contributed by atoms with Gasteiger partial charge < -0.3 is 16.4 Å². The third-order valence-electron chi connectivity index (χ3n) is 3.37. The van der Waals surface area contributed by atoms with Crippen LogP contribution in [0, 0.1) is 0 Å². The average molecular weight is 275 g/mol. The molecule has 1 aliphatic rings. The Bertz CT molecular complexity index is 500. The molecule has 2 rings (SSSR count). The Morgan fingerprint density at radius 3 is 3.00 bits per heavy atom. The van der Waals surface area contributed by atoms with E-state index in [1.54, 1.807) is 0 Å². The van der Waals surface area contributed by atoms with Crippen molar-refractivity contribution < 1.29 is 9.59 Å². The van der Waals surface area contributed by atoms with E-state index in [9.17, 15) is 9.59 Å². The number of aryl methyl sites for hydroxylation is 1. The van der Waals surface area contributed by atoms with Crippen LogP contribution in [0.15, 0.2) is 18.2 Å². The van der Waals surface area contributed by atoms with Crippen molar-refractivity contribution in [3.63, 3.8) is 0 Å². The van der Waals surface area contributed by atoms with Gasteiger partial charge in [-0.1, -0.05) is 12.1 Å². The van der Waals surface area contributed by atoms with Gasteiger partial charge in [-0.15, -0.1) is 0 Å². The number of hydrogen-bond donors (Lipinski definition) is 3. The van der Waals surface area contributed by atoms with Gasteiger partial charge in [0.05, 0.1) is 6.42 Å². The summed E-state index contributed by atoms with van der Waals surface area (Å²) in [6, 6.07) is 6.01. The number of fused-ring (bicyclic) bond motifs is 1. The Hall–Kier alpha value is -1.88. The maximum atomic E-state index is 11.5. The monoisotopic (exact) mass is 275 g/mol. The molecule has 0 radical (unpaired) electrons. The minimum atomic E-state index is 0.0523. The van der Waals surface area contributed by atoms with Crippen LogP contribution in [0.25, 0.3) is 0 Å². The van der Waals surface area contributed by atoms with Gasteiger partial charge in [0.25, 0.3) is 0 Å². The van der Waals surface area contributed by atoms with E-state index in [2.05, 4.69) is 16.7 Å². The van der Waals surface area contributed by atoms with E-state index in [1.807, 2.05) is 12.1 Å². The van der Waals surface area contributed by atoms with Crippen molar-refractivity contribution in [2.24, 2.45) is 5.73 Å². The molecular formula is C15H21N3O2. The number of rotatable bonds is 7. The molecule has 0 atom stereocenters. The van der Waals surface area contributed by atoms with Gasteiger partial charge in [0.1, 0.15) is 0 Å². The summed E-state index contributed by atoms with van der Waals surface area (Å²) in [5, 5.41) is 5.66. The summed E-state index contributed by atoms with van der Waals surface area (Å²) in [6.45, 7) is 1.25. The second kappa shape index (κ2) is 7.05. The molecule has 0 aliphatic carbocycles. The van der Waals surface area contributed by atoms with Crippen LogP contribution >= 0.6 is 0 Å². The highest BCUT2D eigenvalue weighted by molar-refractivity contribution is 5.99. The van der Waals surface area contributed by atoms with Crippen LogP contribution in [0.1, 0.15) is 30.4 Å². The molecule has 0 fully saturated rings. The lowest BCUT2D eigenvalue weighted by Crippen LogP contribution is -2.25. The van der Waals surface area contributed by atoms with Gasteiger partial charge in [-0.2, -0.15) is 0 Å². The fourth-order valence-electron chi connectivity index (χ4n) is 2.31. The van der Waals surface area contributed by atoms with Crippen LogP contribution < -0.4 is 16.4 Å². The first-order valence-corrected chi connectivity index (χ1v) is 7.07. The van der Waals surface area contributed by atoms with Gasteiger partial charge >= 0.3 is 0 Å². The van der Waals surface area contributed by atoms with Crippen LogP contribution in [0.4, 0.5) is 5.69 Å². The van der Waals surface area contributed by atoms with Crippen LogP contribution in [0.5, 0.6) is 0 Å². The molecule has 0 bridgehead atoms. The standard InChI is InChI=1S/C15H21N3O2/c16-7-2-8-17-14(19)4-1-3-11-5-6-13-12(9-11)10-15(20)18-13/h5-6,9H,1-4,7-8,10,16H2,(H,17,19)(H,18,20). The lowest BCUT2D eigenvalue weighted by Gasteiger charge is -2.06. The molecule has 2 amide bonds. The second-order valence-corrected chi connectivity index (χ2v) is 5.06. The number of carbonyl (C=O) groups excluding carboxylic acids is 2. The third kappa shape index (κ3) is 4.06. The van der Waals surface area contributed by atoms with E-state index < -0.39 is 0 Å². The van der Waals surface area contributed by atoms with Gasteiger partial charge in [0, 0.05) is 18.7 Å². The molecule has 108 valence electrons. The number of anilines is 1. The van der Waals surface area contributed by atoms with Crippen LogP contribution in [0.2, 0.25) is 0 Å². The lowest BCUT2D eigenvalue weighted by atomic mass is 10.0. The van der Waals surface area contributed by atoms with Crippen LogP contribution in [0.3, 0.4) is 0 Å². The Morgan fingerprint density at radius 1 is 1.35 bits per heavy atom. The van der Waals surface area contributed by atoms with Crippen molar-refractivity contribution in [2.75, 3.05) is 18.4 Å². The van der Waals surface area contributed by atoms with Gasteiger partial charge in [-0.25, -0.2) is 0 Å². The molecule has 0 unspecified atom stereocenters. The van der Waals surface area contributed by atoms with Crippen molar-refractivity contribution >= 4 is 17.5 Å². The molecular weight excluding hydrogens is 254 g/mol. The number of amides is 2. The fourth-order valence-corrected chi connectivity index (χ4v) is 2.31. The normalized spacial score (nSPS) is 12.9. The highest BCUT2D eigenvalue weighted by Gasteiger charge is 2.17. The van der Waals surface area contributed by atoms with Gasteiger partial charge in [0.2, 0.25) is 11.8 Å². The molecule has 1 aromatic carbocycles. The van der Waals surface area contributed by atoms with E-state index in [0.717, 1.165) is 30.5 Å². The van der Waals surface area contributed by atoms with Crippen LogP contribution in [-0.2, 0) is 22.4 Å². The second-order valence-electron chi connectivity index (χ2n) is 5.06. The molecule has 4 N–H and O–H groups in total. The quantitative estimate of drug-likeness (QED) is 0.648. The largest absolute Gasteiger partial charge is 0.356 e. The summed E-state index contributed by atoms with van der Waals surface area (Å²) in [5.41, 5.74) is 8.51. The molecule has 0 saturated heterocycles. The molecule has 0 aromatic heterocycles.